The Balaban J connectivity index is 2.20. The van der Waals surface area contributed by atoms with E-state index in [4.69, 9.17) is 4.74 Å². The second kappa shape index (κ2) is 7.43. The summed E-state index contributed by atoms with van der Waals surface area (Å²) in [5.74, 6) is 2.23. The van der Waals surface area contributed by atoms with Crippen molar-refractivity contribution in [3.8, 4) is 10.8 Å². The number of hydrogen-bond donors (Lipinski definition) is 2. The molecule has 0 aliphatic heterocycles. The standard InChI is InChI=1S/C18H21BrO3/c1-3-15-17(22-12-14-7-5-4-6-8-14)16(20)13(2)11-18(15,21)9-10-19/h3-8,13,15-17,20-21H,1,11-12H2,2H3/t13-,15+,16-,17-,18-/m1/s1. The third-order valence-corrected chi connectivity index (χ3v) is 4.46. The molecule has 0 spiro atoms. The molecule has 0 bridgehead atoms. The molecule has 2 N–H and O–H groups in total. The molecular weight excluding hydrogens is 344 g/mol. The van der Waals surface area contributed by atoms with Gasteiger partial charge in [-0.2, -0.15) is 0 Å². The van der Waals surface area contributed by atoms with Crippen LogP contribution in [0.3, 0.4) is 0 Å². The van der Waals surface area contributed by atoms with Gasteiger partial charge in [0.25, 0.3) is 0 Å². The lowest BCUT2D eigenvalue weighted by Crippen LogP contribution is -2.56. The Kier molecular flexibility index (Phi) is 5.82. The van der Waals surface area contributed by atoms with Crippen LogP contribution in [0.1, 0.15) is 18.9 Å². The molecule has 22 heavy (non-hydrogen) atoms. The Morgan fingerprint density at radius 1 is 1.45 bits per heavy atom. The van der Waals surface area contributed by atoms with E-state index in [0.717, 1.165) is 5.56 Å². The monoisotopic (exact) mass is 364 g/mol. The second-order valence-electron chi connectivity index (χ2n) is 5.84. The summed E-state index contributed by atoms with van der Waals surface area (Å²) in [5, 5.41) is 21.3. The van der Waals surface area contributed by atoms with Crippen LogP contribution < -0.4 is 0 Å². The van der Waals surface area contributed by atoms with E-state index < -0.39 is 23.7 Å². The zero-order valence-electron chi connectivity index (χ0n) is 12.6. The molecule has 118 valence electrons. The van der Waals surface area contributed by atoms with Crippen LogP contribution in [-0.4, -0.2) is 28.0 Å². The van der Waals surface area contributed by atoms with Crippen molar-refractivity contribution in [1.82, 2.24) is 0 Å². The molecule has 1 aliphatic rings. The first-order valence-electron chi connectivity index (χ1n) is 7.33. The summed E-state index contributed by atoms with van der Waals surface area (Å²) < 4.78 is 5.93. The molecule has 0 heterocycles. The highest BCUT2D eigenvalue weighted by molar-refractivity contribution is 9.12. The maximum absolute atomic E-state index is 10.8. The van der Waals surface area contributed by atoms with E-state index in [2.05, 4.69) is 33.3 Å². The summed E-state index contributed by atoms with van der Waals surface area (Å²) in [7, 11) is 0. The summed E-state index contributed by atoms with van der Waals surface area (Å²) in [6.07, 6.45) is 0.806. The fourth-order valence-electron chi connectivity index (χ4n) is 3.07. The third-order valence-electron chi connectivity index (χ3n) is 4.26. The number of hydrogen-bond acceptors (Lipinski definition) is 3. The molecule has 1 aliphatic carbocycles. The average Bonchev–Trinajstić information content (AvgIpc) is 2.50. The number of benzene rings is 1. The minimum Gasteiger partial charge on any atom is -0.390 e. The molecule has 0 radical (unpaired) electrons. The maximum Gasteiger partial charge on any atom is 0.135 e. The van der Waals surface area contributed by atoms with Gasteiger partial charge in [0.2, 0.25) is 0 Å². The van der Waals surface area contributed by atoms with E-state index in [1.807, 2.05) is 37.3 Å². The summed E-state index contributed by atoms with van der Waals surface area (Å²) >= 11 is 3.05. The molecule has 1 aromatic rings. The lowest BCUT2D eigenvalue weighted by molar-refractivity contribution is -0.159. The summed E-state index contributed by atoms with van der Waals surface area (Å²) in [6, 6.07) is 9.75. The largest absolute Gasteiger partial charge is 0.390 e. The van der Waals surface area contributed by atoms with Crippen LogP contribution in [0.2, 0.25) is 0 Å². The first kappa shape index (κ1) is 17.2. The van der Waals surface area contributed by atoms with E-state index >= 15 is 0 Å². The van der Waals surface area contributed by atoms with Crippen LogP contribution in [0.15, 0.2) is 43.0 Å². The van der Waals surface area contributed by atoms with Crippen molar-refractivity contribution in [2.24, 2.45) is 11.8 Å². The Bertz CT molecular complexity index is 563. The highest BCUT2D eigenvalue weighted by Crippen LogP contribution is 2.39. The second-order valence-corrected chi connectivity index (χ2v) is 6.23. The summed E-state index contributed by atoms with van der Waals surface area (Å²) in [6.45, 7) is 6.06. The number of ether oxygens (including phenoxy) is 1. The van der Waals surface area contributed by atoms with Crippen LogP contribution in [0.4, 0.5) is 0 Å². The molecule has 0 aromatic heterocycles. The maximum atomic E-state index is 10.8. The number of aliphatic hydroxyl groups excluding tert-OH is 1. The Hall–Kier alpha value is -1.12. The van der Waals surface area contributed by atoms with Crippen molar-refractivity contribution in [3.05, 3.63) is 48.6 Å². The van der Waals surface area contributed by atoms with Gasteiger partial charge in [-0.3, -0.25) is 0 Å². The van der Waals surface area contributed by atoms with Gasteiger partial charge in [0.1, 0.15) is 5.60 Å². The zero-order chi connectivity index (χ0) is 16.2. The Morgan fingerprint density at radius 2 is 2.14 bits per heavy atom. The van der Waals surface area contributed by atoms with Gasteiger partial charge in [0, 0.05) is 21.8 Å². The predicted molar refractivity (Wildman–Crippen MR) is 90.1 cm³/mol. The van der Waals surface area contributed by atoms with Crippen LogP contribution >= 0.6 is 15.9 Å². The molecule has 5 atom stereocenters. The molecule has 1 aromatic carbocycles. The molecule has 0 amide bonds. The van der Waals surface area contributed by atoms with Crippen LogP contribution in [0.5, 0.6) is 0 Å². The quantitative estimate of drug-likeness (QED) is 0.637. The van der Waals surface area contributed by atoms with Gasteiger partial charge in [0.05, 0.1) is 18.8 Å². The van der Waals surface area contributed by atoms with Gasteiger partial charge in [-0.25, -0.2) is 0 Å². The van der Waals surface area contributed by atoms with Gasteiger partial charge in [-0.05, 0) is 22.7 Å². The van der Waals surface area contributed by atoms with Crippen molar-refractivity contribution in [3.63, 3.8) is 0 Å². The van der Waals surface area contributed by atoms with Gasteiger partial charge >= 0.3 is 0 Å². The van der Waals surface area contributed by atoms with Crippen LogP contribution in [0.25, 0.3) is 0 Å². The van der Waals surface area contributed by atoms with Gasteiger partial charge in [-0.15, -0.1) is 6.58 Å². The molecule has 0 unspecified atom stereocenters. The highest BCUT2D eigenvalue weighted by atomic mass is 79.9. The Labute approximate surface area is 140 Å². The van der Waals surface area contributed by atoms with E-state index in [9.17, 15) is 10.2 Å². The molecule has 1 fully saturated rings. The predicted octanol–water partition coefficient (Wildman–Crippen LogP) is 2.86. The normalized spacial score (nSPS) is 34.5. The van der Waals surface area contributed by atoms with Crippen molar-refractivity contribution >= 4 is 15.9 Å². The molecule has 3 nitrogen and oxygen atoms in total. The van der Waals surface area contributed by atoms with E-state index in [1.54, 1.807) is 6.08 Å². The van der Waals surface area contributed by atoms with Crippen molar-refractivity contribution in [2.75, 3.05) is 0 Å². The first-order valence-corrected chi connectivity index (χ1v) is 8.12. The van der Waals surface area contributed by atoms with Crippen molar-refractivity contribution in [1.29, 1.82) is 0 Å². The van der Waals surface area contributed by atoms with E-state index in [-0.39, 0.29) is 5.92 Å². The van der Waals surface area contributed by atoms with Gasteiger partial charge < -0.3 is 14.9 Å². The number of aliphatic hydroxyl groups is 2. The molecule has 4 heteroatoms. The first-order chi connectivity index (χ1) is 10.5. The molecule has 1 saturated carbocycles. The minimum atomic E-state index is -1.24. The average molecular weight is 365 g/mol. The minimum absolute atomic E-state index is 0.115. The lowest BCUT2D eigenvalue weighted by atomic mass is 9.68. The fraction of sp³-hybridized carbons (Fsp3) is 0.444. The Morgan fingerprint density at radius 3 is 2.73 bits per heavy atom. The lowest BCUT2D eigenvalue weighted by Gasteiger charge is -2.45. The fourth-order valence-corrected chi connectivity index (χ4v) is 3.41. The SMILES string of the molecule is C=C[C@H]1[C@@H](OCc2ccccc2)[C@H](O)[C@H](C)C[C@]1(O)C#CBr. The van der Waals surface area contributed by atoms with Gasteiger partial charge in [-0.1, -0.05) is 49.3 Å². The van der Waals surface area contributed by atoms with E-state index in [0.29, 0.717) is 13.0 Å². The van der Waals surface area contributed by atoms with Crippen molar-refractivity contribution < 1.29 is 14.9 Å². The number of rotatable bonds is 4. The molecular formula is C18H21BrO3. The zero-order valence-corrected chi connectivity index (χ0v) is 14.2. The van der Waals surface area contributed by atoms with Crippen molar-refractivity contribution in [2.45, 2.75) is 37.8 Å². The number of halogens is 1. The van der Waals surface area contributed by atoms with E-state index in [1.165, 1.54) is 0 Å². The van der Waals surface area contributed by atoms with Crippen LogP contribution in [0, 0.1) is 22.6 Å². The highest BCUT2D eigenvalue weighted by Gasteiger charge is 2.49. The molecule has 0 saturated heterocycles. The summed E-state index contributed by atoms with van der Waals surface area (Å²) in [4.78, 5) is 2.60. The topological polar surface area (TPSA) is 49.7 Å². The smallest absolute Gasteiger partial charge is 0.135 e. The third kappa shape index (κ3) is 3.61. The van der Waals surface area contributed by atoms with Crippen LogP contribution in [-0.2, 0) is 11.3 Å². The summed E-state index contributed by atoms with van der Waals surface area (Å²) in [5.41, 5.74) is -0.225. The molecule has 2 rings (SSSR count). The van der Waals surface area contributed by atoms with Gasteiger partial charge in [0.15, 0.2) is 0 Å².